The molecule has 2 heterocycles. The van der Waals surface area contributed by atoms with E-state index < -0.39 is 0 Å². The highest BCUT2D eigenvalue weighted by Crippen LogP contribution is 2.34. The zero-order valence-corrected chi connectivity index (χ0v) is 15.6. The van der Waals surface area contributed by atoms with Crippen LogP contribution < -0.4 is 5.32 Å². The third kappa shape index (κ3) is 3.37. The van der Waals surface area contributed by atoms with Gasteiger partial charge in [0, 0.05) is 29.6 Å². The molecule has 0 radical (unpaired) electrons. The molecule has 5 heteroatoms. The van der Waals surface area contributed by atoms with Gasteiger partial charge >= 0.3 is 0 Å². The molecule has 1 aliphatic rings. The van der Waals surface area contributed by atoms with Crippen molar-refractivity contribution in [3.05, 3.63) is 60.3 Å². The van der Waals surface area contributed by atoms with Crippen LogP contribution in [0.4, 0.5) is 0 Å². The second-order valence-corrected chi connectivity index (χ2v) is 7.56. The van der Waals surface area contributed by atoms with Gasteiger partial charge in [-0.05, 0) is 55.0 Å². The molecule has 1 fully saturated rings. The van der Waals surface area contributed by atoms with E-state index in [0.29, 0.717) is 5.56 Å². The molecule has 0 aliphatic carbocycles. The van der Waals surface area contributed by atoms with Crippen LogP contribution in [0.25, 0.3) is 10.9 Å². The van der Waals surface area contributed by atoms with E-state index in [1.165, 1.54) is 17.3 Å². The number of rotatable bonds is 4. The van der Waals surface area contributed by atoms with Gasteiger partial charge in [0.25, 0.3) is 5.91 Å². The lowest BCUT2D eigenvalue weighted by Gasteiger charge is -2.25. The number of fused-ring (bicyclic) bond motifs is 1. The van der Waals surface area contributed by atoms with E-state index in [0.717, 1.165) is 29.2 Å². The lowest BCUT2D eigenvalue weighted by molar-refractivity contribution is -0.0292. The quantitative estimate of drug-likeness (QED) is 0.718. The predicted molar refractivity (Wildman–Crippen MR) is 105 cm³/mol. The van der Waals surface area contributed by atoms with Gasteiger partial charge in [-0.3, -0.25) is 4.79 Å². The first kappa shape index (κ1) is 17.2. The van der Waals surface area contributed by atoms with Crippen molar-refractivity contribution in [3.63, 3.8) is 0 Å². The van der Waals surface area contributed by atoms with Crippen LogP contribution in [0.3, 0.4) is 0 Å². The van der Waals surface area contributed by atoms with E-state index in [9.17, 15) is 4.79 Å². The van der Waals surface area contributed by atoms with Crippen LogP contribution in [0, 0.1) is 0 Å². The molecule has 134 valence electrons. The van der Waals surface area contributed by atoms with Crippen molar-refractivity contribution in [2.24, 2.45) is 0 Å². The Kier molecular flexibility index (Phi) is 5.00. The number of nitrogens with zero attached hydrogens (tertiary/aromatic N) is 1. The summed E-state index contributed by atoms with van der Waals surface area (Å²) >= 11 is 1.62. The molecule has 26 heavy (non-hydrogen) atoms. The van der Waals surface area contributed by atoms with Crippen LogP contribution in [0.15, 0.2) is 64.5 Å². The van der Waals surface area contributed by atoms with Gasteiger partial charge in [0.1, 0.15) is 6.23 Å². The van der Waals surface area contributed by atoms with Crippen LogP contribution in [0.1, 0.15) is 35.8 Å². The second-order valence-electron chi connectivity index (χ2n) is 6.44. The van der Waals surface area contributed by atoms with Gasteiger partial charge in [-0.1, -0.05) is 30.0 Å². The lowest BCUT2D eigenvalue weighted by Crippen LogP contribution is -2.18. The number of aromatic nitrogens is 1. The highest BCUT2D eigenvalue weighted by molar-refractivity contribution is 7.99. The smallest absolute Gasteiger partial charge is 0.252 e. The van der Waals surface area contributed by atoms with Crippen molar-refractivity contribution >= 4 is 28.6 Å². The average molecular weight is 366 g/mol. The second kappa shape index (κ2) is 7.56. The van der Waals surface area contributed by atoms with E-state index in [2.05, 4.69) is 40.3 Å². The predicted octanol–water partition coefficient (Wildman–Crippen LogP) is 4.85. The number of ether oxygens (including phenoxy) is 1. The third-order valence-electron chi connectivity index (χ3n) is 4.75. The van der Waals surface area contributed by atoms with Crippen LogP contribution in [-0.4, -0.2) is 24.1 Å². The minimum Gasteiger partial charge on any atom is -0.358 e. The van der Waals surface area contributed by atoms with E-state index in [-0.39, 0.29) is 12.1 Å². The zero-order chi connectivity index (χ0) is 17.9. The Bertz CT molecular complexity index is 929. The van der Waals surface area contributed by atoms with Crippen molar-refractivity contribution in [3.8, 4) is 0 Å². The third-order valence-corrected chi connectivity index (χ3v) is 5.81. The van der Waals surface area contributed by atoms with Gasteiger partial charge in [-0.25, -0.2) is 0 Å². The molecule has 0 bridgehead atoms. The van der Waals surface area contributed by atoms with Gasteiger partial charge in [-0.2, -0.15) is 0 Å². The van der Waals surface area contributed by atoms with Crippen molar-refractivity contribution in [1.29, 1.82) is 0 Å². The summed E-state index contributed by atoms with van der Waals surface area (Å²) in [5, 5.41) is 3.92. The Morgan fingerprint density at radius 2 is 2.08 bits per heavy atom. The molecule has 0 saturated carbocycles. The number of amides is 1. The van der Waals surface area contributed by atoms with E-state index in [1.54, 1.807) is 18.8 Å². The molecule has 3 aromatic rings. The van der Waals surface area contributed by atoms with Crippen molar-refractivity contribution in [1.82, 2.24) is 9.88 Å². The van der Waals surface area contributed by atoms with Crippen molar-refractivity contribution in [2.45, 2.75) is 35.3 Å². The first-order valence-corrected chi connectivity index (χ1v) is 9.79. The number of carbonyl (C=O) groups excluding carboxylic acids is 1. The lowest BCUT2D eigenvalue weighted by atomic mass is 10.2. The minimum atomic E-state index is -0.0619. The van der Waals surface area contributed by atoms with Crippen molar-refractivity contribution in [2.75, 3.05) is 13.7 Å². The maximum atomic E-state index is 12.1. The van der Waals surface area contributed by atoms with Crippen LogP contribution >= 0.6 is 11.8 Å². The average Bonchev–Trinajstić information content (AvgIpc) is 3.12. The summed E-state index contributed by atoms with van der Waals surface area (Å²) in [6, 6.07) is 16.3. The first-order valence-electron chi connectivity index (χ1n) is 8.97. The Labute approximate surface area is 157 Å². The largest absolute Gasteiger partial charge is 0.358 e. The first-order chi connectivity index (χ1) is 12.8. The maximum Gasteiger partial charge on any atom is 0.252 e. The molecule has 4 nitrogen and oxygen atoms in total. The van der Waals surface area contributed by atoms with Crippen LogP contribution in [-0.2, 0) is 4.74 Å². The molecule has 1 aliphatic heterocycles. The number of benzene rings is 2. The summed E-state index contributed by atoms with van der Waals surface area (Å²) in [5.74, 6) is -0.0619. The van der Waals surface area contributed by atoms with Crippen LogP contribution in [0.2, 0.25) is 0 Å². The Hall–Kier alpha value is -2.24. The summed E-state index contributed by atoms with van der Waals surface area (Å²) in [6.45, 7) is 0.832. The topological polar surface area (TPSA) is 43.3 Å². The molecule has 1 N–H and O–H groups in total. The fraction of sp³-hybridized carbons (Fsp3) is 0.286. The molecule has 2 aromatic carbocycles. The number of hydrogen-bond donors (Lipinski definition) is 1. The zero-order valence-electron chi connectivity index (χ0n) is 14.8. The molecule has 4 rings (SSSR count). The fourth-order valence-electron chi connectivity index (χ4n) is 3.39. The normalized spacial score (nSPS) is 17.3. The molecule has 1 unspecified atom stereocenters. The summed E-state index contributed by atoms with van der Waals surface area (Å²) in [5.41, 5.74) is 1.88. The Morgan fingerprint density at radius 3 is 2.88 bits per heavy atom. The number of nitrogens with one attached hydrogen (secondary N) is 1. The van der Waals surface area contributed by atoms with Crippen LogP contribution in [0.5, 0.6) is 0 Å². The van der Waals surface area contributed by atoms with Crippen molar-refractivity contribution < 1.29 is 9.53 Å². The van der Waals surface area contributed by atoms with Gasteiger partial charge in [-0.15, -0.1) is 0 Å². The fourth-order valence-corrected chi connectivity index (χ4v) is 4.37. The van der Waals surface area contributed by atoms with Gasteiger partial charge in [0.15, 0.2) is 0 Å². The van der Waals surface area contributed by atoms with E-state index in [1.807, 2.05) is 24.3 Å². The van der Waals surface area contributed by atoms with E-state index in [4.69, 9.17) is 4.74 Å². The molecule has 1 atom stereocenters. The molecule has 0 spiro atoms. The summed E-state index contributed by atoms with van der Waals surface area (Å²) < 4.78 is 8.20. The molecular weight excluding hydrogens is 344 g/mol. The standard InChI is InChI=1S/C21H22N2O2S/c1-22-21(24)17-6-2-3-7-19(17)26-16-10-9-15-11-12-23(18(15)14-16)20-8-4-5-13-25-20/h2-3,6-7,9-12,14,20H,4-5,8,13H2,1H3,(H,22,24). The Morgan fingerprint density at radius 1 is 1.19 bits per heavy atom. The van der Waals surface area contributed by atoms with E-state index >= 15 is 0 Å². The number of carbonyl (C=O) groups is 1. The molecule has 1 saturated heterocycles. The van der Waals surface area contributed by atoms with Gasteiger partial charge in [0.05, 0.1) is 11.1 Å². The molecule has 1 aromatic heterocycles. The highest BCUT2D eigenvalue weighted by Gasteiger charge is 2.17. The maximum absolute atomic E-state index is 12.1. The summed E-state index contributed by atoms with van der Waals surface area (Å²) in [7, 11) is 1.66. The Balaban J connectivity index is 1.67. The monoisotopic (exact) mass is 366 g/mol. The van der Waals surface area contributed by atoms with Gasteiger partial charge < -0.3 is 14.6 Å². The highest BCUT2D eigenvalue weighted by atomic mass is 32.2. The minimum absolute atomic E-state index is 0.0619. The number of hydrogen-bond acceptors (Lipinski definition) is 3. The molecular formula is C21H22N2O2S. The summed E-state index contributed by atoms with van der Waals surface area (Å²) in [6.07, 6.45) is 5.65. The summed E-state index contributed by atoms with van der Waals surface area (Å²) in [4.78, 5) is 14.2. The SMILES string of the molecule is CNC(=O)c1ccccc1Sc1ccc2ccn(C3CCCCO3)c2c1. The molecule has 1 amide bonds. The van der Waals surface area contributed by atoms with Gasteiger partial charge in [0.2, 0.25) is 0 Å².